The Morgan fingerprint density at radius 3 is 2.74 bits per heavy atom. The van der Waals surface area contributed by atoms with Crippen molar-refractivity contribution >= 4 is 17.6 Å². The number of aromatic nitrogens is 2. The number of nitrogens with one attached hydrogen (secondary N) is 2. The lowest BCUT2D eigenvalue weighted by Crippen LogP contribution is -2.51. The van der Waals surface area contributed by atoms with Crippen LogP contribution in [0.25, 0.3) is 0 Å². The lowest BCUT2D eigenvalue weighted by molar-refractivity contribution is -0.432. The van der Waals surface area contributed by atoms with Crippen LogP contribution >= 0.6 is 0 Å². The second kappa shape index (κ2) is 6.09. The first-order chi connectivity index (χ1) is 13.2. The van der Waals surface area contributed by atoms with E-state index >= 15 is 0 Å². The molecule has 2 aliphatic rings. The summed E-state index contributed by atoms with van der Waals surface area (Å²) in [5.41, 5.74) is 4.15. The van der Waals surface area contributed by atoms with Crippen LogP contribution in [0.4, 0.5) is 11.6 Å². The van der Waals surface area contributed by atoms with Crippen molar-refractivity contribution in [1.29, 1.82) is 0 Å². The van der Waals surface area contributed by atoms with E-state index in [1.165, 1.54) is 11.3 Å². The minimum Gasteiger partial charge on any atom is -0.269 e. The maximum atomic E-state index is 12.7. The number of hydrogen-bond acceptors (Lipinski definition) is 2. The molecule has 3 heterocycles. The molecule has 2 aromatic carbocycles. The van der Waals surface area contributed by atoms with Crippen molar-refractivity contribution in [1.82, 2.24) is 14.9 Å². The predicted molar refractivity (Wildman–Crippen MR) is 105 cm³/mol. The lowest BCUT2D eigenvalue weighted by atomic mass is 10.1. The van der Waals surface area contributed by atoms with E-state index in [0.29, 0.717) is 11.6 Å². The second-order valence-corrected chi connectivity index (χ2v) is 6.89. The number of fused-ring (bicyclic) bond motifs is 2. The molecule has 6 heteroatoms. The highest BCUT2D eigenvalue weighted by atomic mass is 16.1. The summed E-state index contributed by atoms with van der Waals surface area (Å²) in [5, 5.41) is 6.87. The van der Waals surface area contributed by atoms with Gasteiger partial charge in [-0.25, -0.2) is 19.4 Å². The molecule has 0 amide bonds. The first-order valence-electron chi connectivity index (χ1n) is 9.12. The molecule has 2 aliphatic heterocycles. The van der Waals surface area contributed by atoms with E-state index in [2.05, 4.69) is 44.5 Å². The standard InChI is InChI=1S/C21H19N5O/c1-14-13-18(27)26-19(16-8-3-2-4-9-16)23-20(24-21(26)22-14)25-12-11-15-7-5-6-10-17(15)25/h2-10,13,19H,11-12H2,1H3,(H,22,23,24,27)/p+1/t19-/m0/s1. The Morgan fingerprint density at radius 2 is 1.89 bits per heavy atom. The molecule has 2 N–H and O–H groups in total. The normalized spacial score (nSPS) is 20.4. The quantitative estimate of drug-likeness (QED) is 0.656. The summed E-state index contributed by atoms with van der Waals surface area (Å²) in [7, 11) is 0. The van der Waals surface area contributed by atoms with Crippen LogP contribution in [0.2, 0.25) is 0 Å². The van der Waals surface area contributed by atoms with Gasteiger partial charge in [-0.1, -0.05) is 48.5 Å². The van der Waals surface area contributed by atoms with Crippen LogP contribution in [0, 0.1) is 6.92 Å². The van der Waals surface area contributed by atoms with Gasteiger partial charge in [0.1, 0.15) is 5.69 Å². The van der Waals surface area contributed by atoms with E-state index in [1.807, 2.05) is 37.3 Å². The number of benzene rings is 2. The van der Waals surface area contributed by atoms with Gasteiger partial charge in [0.2, 0.25) is 0 Å². The Morgan fingerprint density at radius 1 is 1.11 bits per heavy atom. The van der Waals surface area contributed by atoms with Crippen LogP contribution in [-0.2, 0) is 6.42 Å². The molecule has 0 bridgehead atoms. The zero-order valence-electron chi connectivity index (χ0n) is 15.0. The zero-order chi connectivity index (χ0) is 18.4. The SMILES string of the molecule is Cc1cc(=O)n2c(n1)NC(=[N+]1CCc3ccccc31)N[C@@H]2c1ccccc1. The molecule has 0 saturated heterocycles. The van der Waals surface area contributed by atoms with Crippen molar-refractivity contribution in [2.75, 3.05) is 11.9 Å². The van der Waals surface area contributed by atoms with E-state index < -0.39 is 0 Å². The summed E-state index contributed by atoms with van der Waals surface area (Å²) in [6, 6.07) is 20.0. The first-order valence-corrected chi connectivity index (χ1v) is 9.12. The number of aryl methyl sites for hydroxylation is 1. The topological polar surface area (TPSA) is 62.0 Å². The minimum absolute atomic E-state index is 0.0766. The molecule has 6 nitrogen and oxygen atoms in total. The van der Waals surface area contributed by atoms with Gasteiger partial charge in [-0.15, -0.1) is 0 Å². The molecule has 0 saturated carbocycles. The van der Waals surface area contributed by atoms with Crippen molar-refractivity contribution in [2.45, 2.75) is 19.5 Å². The number of rotatable bonds is 1. The molecule has 5 rings (SSSR count). The first kappa shape index (κ1) is 15.8. The van der Waals surface area contributed by atoms with Crippen LogP contribution in [0.15, 0.2) is 65.5 Å². The molecular weight excluding hydrogens is 338 g/mol. The van der Waals surface area contributed by atoms with Gasteiger partial charge in [-0.05, 0) is 18.6 Å². The third kappa shape index (κ3) is 2.61. The van der Waals surface area contributed by atoms with Gasteiger partial charge in [0.15, 0.2) is 6.17 Å². The fraction of sp³-hybridized carbons (Fsp3) is 0.190. The fourth-order valence-corrected chi connectivity index (χ4v) is 3.86. The number of guanidine groups is 1. The monoisotopic (exact) mass is 358 g/mol. The molecule has 0 fully saturated rings. The zero-order valence-corrected chi connectivity index (χ0v) is 15.0. The van der Waals surface area contributed by atoms with E-state index in [1.54, 1.807) is 10.6 Å². The van der Waals surface area contributed by atoms with E-state index in [4.69, 9.17) is 0 Å². The molecule has 1 atom stereocenters. The number of anilines is 1. The molecule has 0 radical (unpaired) electrons. The Kier molecular flexibility index (Phi) is 3.57. The fourth-order valence-electron chi connectivity index (χ4n) is 3.86. The second-order valence-electron chi connectivity index (χ2n) is 6.89. The molecule has 134 valence electrons. The van der Waals surface area contributed by atoms with Crippen molar-refractivity contribution in [3.05, 3.63) is 87.8 Å². The maximum Gasteiger partial charge on any atom is 0.360 e. The van der Waals surface area contributed by atoms with Crippen molar-refractivity contribution in [2.24, 2.45) is 0 Å². The summed E-state index contributed by atoms with van der Waals surface area (Å²) in [6.45, 7) is 2.72. The highest BCUT2D eigenvalue weighted by molar-refractivity contribution is 5.91. The number of hydrogen-bond donors (Lipinski definition) is 2. The Labute approximate surface area is 156 Å². The average Bonchev–Trinajstić information content (AvgIpc) is 3.11. The van der Waals surface area contributed by atoms with E-state index in [-0.39, 0.29) is 11.7 Å². The van der Waals surface area contributed by atoms with Gasteiger partial charge in [0, 0.05) is 23.7 Å². The molecule has 0 unspecified atom stereocenters. The highest BCUT2D eigenvalue weighted by Crippen LogP contribution is 2.28. The Balaban J connectivity index is 1.70. The average molecular weight is 358 g/mol. The summed E-state index contributed by atoms with van der Waals surface area (Å²) in [5.74, 6) is 1.42. The van der Waals surface area contributed by atoms with Gasteiger partial charge in [0.25, 0.3) is 11.5 Å². The minimum atomic E-state index is -0.314. The molecule has 0 aliphatic carbocycles. The molecule has 1 aromatic heterocycles. The molecule has 3 aromatic rings. The largest absolute Gasteiger partial charge is 0.360 e. The Hall–Kier alpha value is -3.41. The Bertz CT molecular complexity index is 1120. The summed E-state index contributed by atoms with van der Waals surface area (Å²) in [6.07, 6.45) is 0.679. The summed E-state index contributed by atoms with van der Waals surface area (Å²) in [4.78, 5) is 17.3. The predicted octanol–water partition coefficient (Wildman–Crippen LogP) is 2.37. The van der Waals surface area contributed by atoms with E-state index in [0.717, 1.165) is 24.5 Å². The van der Waals surface area contributed by atoms with Crippen LogP contribution < -0.4 is 16.2 Å². The highest BCUT2D eigenvalue weighted by Gasteiger charge is 2.34. The van der Waals surface area contributed by atoms with Crippen LogP contribution in [0.3, 0.4) is 0 Å². The van der Waals surface area contributed by atoms with Gasteiger partial charge in [-0.3, -0.25) is 10.1 Å². The van der Waals surface area contributed by atoms with Crippen LogP contribution in [0.1, 0.15) is 23.0 Å². The third-order valence-corrected chi connectivity index (χ3v) is 5.11. The van der Waals surface area contributed by atoms with Gasteiger partial charge >= 0.3 is 5.96 Å². The number of nitrogens with zero attached hydrogens (tertiary/aromatic N) is 3. The van der Waals surface area contributed by atoms with Crippen LogP contribution in [0.5, 0.6) is 0 Å². The van der Waals surface area contributed by atoms with Gasteiger partial charge < -0.3 is 0 Å². The third-order valence-electron chi connectivity index (χ3n) is 5.11. The van der Waals surface area contributed by atoms with Crippen molar-refractivity contribution in [3.8, 4) is 0 Å². The van der Waals surface area contributed by atoms with Gasteiger partial charge in [0.05, 0.1) is 6.54 Å². The lowest BCUT2D eigenvalue weighted by Gasteiger charge is -2.27. The number of para-hydroxylation sites is 1. The summed E-state index contributed by atoms with van der Waals surface area (Å²) < 4.78 is 3.90. The molecule has 0 spiro atoms. The molecular formula is C21H20N5O+. The molecule has 27 heavy (non-hydrogen) atoms. The van der Waals surface area contributed by atoms with Crippen molar-refractivity contribution < 1.29 is 4.58 Å². The van der Waals surface area contributed by atoms with Crippen LogP contribution in [-0.4, -0.2) is 26.6 Å². The van der Waals surface area contributed by atoms with Crippen molar-refractivity contribution in [3.63, 3.8) is 0 Å². The summed E-state index contributed by atoms with van der Waals surface area (Å²) >= 11 is 0. The smallest absolute Gasteiger partial charge is 0.269 e. The van der Waals surface area contributed by atoms with E-state index in [9.17, 15) is 4.79 Å². The van der Waals surface area contributed by atoms with Gasteiger partial charge in [-0.2, -0.15) is 0 Å². The maximum absolute atomic E-state index is 12.7.